The molecule has 4 nitrogen and oxygen atoms in total. The standard InChI is InChI=1S/C11H11N.C9H9N3/c1-10-4-6-11(7-5-10)12-8-2-3-9-12;1-8-2-4-9(5-3-8)12-6-10-11-7-12/h2-9H,1H3;2-7H,1H3. The van der Waals surface area contributed by atoms with Gasteiger partial charge in [-0.2, -0.15) is 0 Å². The molecular formula is C20H20N4. The van der Waals surface area contributed by atoms with E-state index in [1.54, 1.807) is 12.7 Å². The van der Waals surface area contributed by atoms with E-state index in [1.165, 1.54) is 16.8 Å². The molecule has 2 aromatic heterocycles. The van der Waals surface area contributed by atoms with Crippen LogP contribution >= 0.6 is 0 Å². The number of nitrogens with zero attached hydrogens (tertiary/aromatic N) is 4. The molecule has 0 atom stereocenters. The Bertz CT molecular complexity index is 767. The van der Waals surface area contributed by atoms with E-state index in [4.69, 9.17) is 0 Å². The van der Waals surface area contributed by atoms with E-state index in [0.717, 1.165) is 5.69 Å². The summed E-state index contributed by atoms with van der Waals surface area (Å²) in [5.74, 6) is 0. The third-order valence-electron chi connectivity index (χ3n) is 3.69. The predicted molar refractivity (Wildman–Crippen MR) is 96.6 cm³/mol. The van der Waals surface area contributed by atoms with Crippen LogP contribution in [0.3, 0.4) is 0 Å². The lowest BCUT2D eigenvalue weighted by atomic mass is 10.2. The Morgan fingerprint density at radius 1 is 0.583 bits per heavy atom. The SMILES string of the molecule is Cc1ccc(-n2cccc2)cc1.Cc1ccc(-n2cnnc2)cc1. The van der Waals surface area contributed by atoms with Crippen molar-refractivity contribution in [3.05, 3.63) is 96.8 Å². The first-order chi connectivity index (χ1) is 11.7. The van der Waals surface area contributed by atoms with Crippen LogP contribution in [0.15, 0.2) is 85.7 Å². The normalized spacial score (nSPS) is 10.1. The number of hydrogen-bond acceptors (Lipinski definition) is 2. The van der Waals surface area contributed by atoms with Crippen molar-refractivity contribution in [1.82, 2.24) is 19.3 Å². The van der Waals surface area contributed by atoms with Crippen molar-refractivity contribution in [3.8, 4) is 11.4 Å². The smallest absolute Gasteiger partial charge is 0.123 e. The number of hydrogen-bond donors (Lipinski definition) is 0. The summed E-state index contributed by atoms with van der Waals surface area (Å²) in [5.41, 5.74) is 4.86. The number of aryl methyl sites for hydroxylation is 2. The molecule has 0 aliphatic heterocycles. The van der Waals surface area contributed by atoms with Crippen molar-refractivity contribution in [1.29, 1.82) is 0 Å². The minimum Gasteiger partial charge on any atom is -0.324 e. The van der Waals surface area contributed by atoms with Gasteiger partial charge in [-0.15, -0.1) is 10.2 Å². The second-order valence-corrected chi connectivity index (χ2v) is 5.63. The molecule has 0 radical (unpaired) electrons. The second-order valence-electron chi connectivity index (χ2n) is 5.63. The largest absolute Gasteiger partial charge is 0.324 e. The van der Waals surface area contributed by atoms with Crippen LogP contribution in [0.2, 0.25) is 0 Å². The van der Waals surface area contributed by atoms with Gasteiger partial charge in [-0.05, 0) is 50.2 Å². The summed E-state index contributed by atoms with van der Waals surface area (Å²) in [7, 11) is 0. The second kappa shape index (κ2) is 7.42. The molecule has 0 N–H and O–H groups in total. The summed E-state index contributed by atoms with van der Waals surface area (Å²) >= 11 is 0. The molecule has 4 aromatic rings. The van der Waals surface area contributed by atoms with Gasteiger partial charge in [0.15, 0.2) is 0 Å². The highest BCUT2D eigenvalue weighted by Crippen LogP contribution is 2.09. The van der Waals surface area contributed by atoms with Gasteiger partial charge in [-0.3, -0.25) is 4.57 Å². The van der Waals surface area contributed by atoms with Gasteiger partial charge in [-0.25, -0.2) is 0 Å². The maximum Gasteiger partial charge on any atom is 0.123 e. The van der Waals surface area contributed by atoms with Crippen molar-refractivity contribution in [2.75, 3.05) is 0 Å². The van der Waals surface area contributed by atoms with E-state index in [0.29, 0.717) is 0 Å². The Hall–Kier alpha value is -3.14. The van der Waals surface area contributed by atoms with Crippen LogP contribution in [-0.2, 0) is 0 Å². The molecule has 2 heterocycles. The van der Waals surface area contributed by atoms with Crippen LogP contribution in [0, 0.1) is 13.8 Å². The average Bonchev–Trinajstić information content (AvgIpc) is 3.31. The highest BCUT2D eigenvalue weighted by atomic mass is 15.2. The molecule has 4 rings (SSSR count). The summed E-state index contributed by atoms with van der Waals surface area (Å²) in [6, 6.07) is 20.7. The van der Waals surface area contributed by atoms with Crippen molar-refractivity contribution >= 4 is 0 Å². The molecule has 0 aliphatic rings. The molecule has 4 heteroatoms. The zero-order chi connectivity index (χ0) is 16.8. The summed E-state index contributed by atoms with van der Waals surface area (Å²) < 4.78 is 3.97. The van der Waals surface area contributed by atoms with Crippen molar-refractivity contribution in [2.24, 2.45) is 0 Å². The van der Waals surface area contributed by atoms with E-state index >= 15 is 0 Å². The van der Waals surface area contributed by atoms with Gasteiger partial charge >= 0.3 is 0 Å². The van der Waals surface area contributed by atoms with E-state index in [-0.39, 0.29) is 0 Å². The fourth-order valence-electron chi connectivity index (χ4n) is 2.27. The fourth-order valence-corrected chi connectivity index (χ4v) is 2.27. The van der Waals surface area contributed by atoms with Gasteiger partial charge in [0.05, 0.1) is 0 Å². The Balaban J connectivity index is 0.000000141. The zero-order valence-corrected chi connectivity index (χ0v) is 13.9. The van der Waals surface area contributed by atoms with Crippen LogP contribution in [0.5, 0.6) is 0 Å². The van der Waals surface area contributed by atoms with Gasteiger partial charge < -0.3 is 4.57 Å². The van der Waals surface area contributed by atoms with E-state index in [9.17, 15) is 0 Å². The molecule has 0 amide bonds. The minimum absolute atomic E-state index is 1.09. The highest BCUT2D eigenvalue weighted by Gasteiger charge is 1.93. The van der Waals surface area contributed by atoms with Crippen LogP contribution in [0.25, 0.3) is 11.4 Å². The van der Waals surface area contributed by atoms with Crippen LogP contribution < -0.4 is 0 Å². The Morgan fingerprint density at radius 3 is 1.46 bits per heavy atom. The molecule has 0 spiro atoms. The topological polar surface area (TPSA) is 35.6 Å². The van der Waals surface area contributed by atoms with E-state index < -0.39 is 0 Å². The molecule has 0 aliphatic carbocycles. The van der Waals surface area contributed by atoms with Crippen LogP contribution in [0.1, 0.15) is 11.1 Å². The fraction of sp³-hybridized carbons (Fsp3) is 0.100. The lowest BCUT2D eigenvalue weighted by molar-refractivity contribution is 1.05. The molecule has 2 aromatic carbocycles. The minimum atomic E-state index is 1.09. The molecule has 0 bridgehead atoms. The Kier molecular flexibility index (Phi) is 4.87. The third-order valence-corrected chi connectivity index (χ3v) is 3.69. The van der Waals surface area contributed by atoms with Crippen LogP contribution in [0.4, 0.5) is 0 Å². The molecule has 24 heavy (non-hydrogen) atoms. The molecule has 0 saturated heterocycles. The van der Waals surface area contributed by atoms with Gasteiger partial charge in [0.25, 0.3) is 0 Å². The van der Waals surface area contributed by atoms with Crippen molar-refractivity contribution in [3.63, 3.8) is 0 Å². The predicted octanol–water partition coefficient (Wildman–Crippen LogP) is 4.36. The monoisotopic (exact) mass is 316 g/mol. The molecule has 120 valence electrons. The van der Waals surface area contributed by atoms with Gasteiger partial charge in [-0.1, -0.05) is 35.4 Å². The number of benzene rings is 2. The van der Waals surface area contributed by atoms with Crippen molar-refractivity contribution < 1.29 is 0 Å². The van der Waals surface area contributed by atoms with E-state index in [1.807, 2.05) is 41.2 Å². The summed E-state index contributed by atoms with van der Waals surface area (Å²) in [4.78, 5) is 0. The molecule has 0 saturated carbocycles. The average molecular weight is 316 g/mol. The van der Waals surface area contributed by atoms with Crippen molar-refractivity contribution in [2.45, 2.75) is 13.8 Å². The molecule has 0 fully saturated rings. The lowest BCUT2D eigenvalue weighted by Crippen LogP contribution is -1.88. The van der Waals surface area contributed by atoms with Gasteiger partial charge in [0.1, 0.15) is 12.7 Å². The van der Waals surface area contributed by atoms with Crippen LogP contribution in [-0.4, -0.2) is 19.3 Å². The number of aromatic nitrogens is 4. The first kappa shape index (κ1) is 15.7. The summed E-state index contributed by atoms with van der Waals surface area (Å²) in [5, 5.41) is 7.47. The van der Waals surface area contributed by atoms with Gasteiger partial charge in [0, 0.05) is 23.8 Å². The Labute approximate surface area is 142 Å². The lowest BCUT2D eigenvalue weighted by Gasteiger charge is -2.01. The third kappa shape index (κ3) is 3.98. The Morgan fingerprint density at radius 2 is 1.00 bits per heavy atom. The summed E-state index contributed by atoms with van der Waals surface area (Å²) in [6.45, 7) is 4.16. The zero-order valence-electron chi connectivity index (χ0n) is 13.9. The maximum atomic E-state index is 3.73. The molecule has 0 unspecified atom stereocenters. The quantitative estimate of drug-likeness (QED) is 0.551. The van der Waals surface area contributed by atoms with Gasteiger partial charge in [0.2, 0.25) is 0 Å². The van der Waals surface area contributed by atoms with E-state index in [2.05, 4.69) is 65.0 Å². The maximum absolute atomic E-state index is 3.73. The first-order valence-electron chi connectivity index (χ1n) is 7.84. The summed E-state index contributed by atoms with van der Waals surface area (Å²) in [6.07, 6.45) is 7.46. The first-order valence-corrected chi connectivity index (χ1v) is 7.84. The number of rotatable bonds is 2. The molecular weight excluding hydrogens is 296 g/mol. The highest BCUT2D eigenvalue weighted by molar-refractivity contribution is 5.35.